The third kappa shape index (κ3) is 5.09. The molecule has 1 aliphatic rings. The number of hydrogen-bond acceptors (Lipinski definition) is 2. The van der Waals surface area contributed by atoms with Crippen LogP contribution in [0.5, 0.6) is 0 Å². The van der Waals surface area contributed by atoms with Gasteiger partial charge in [0.2, 0.25) is 5.91 Å². The van der Waals surface area contributed by atoms with Gasteiger partial charge in [0.25, 0.3) is 0 Å². The summed E-state index contributed by atoms with van der Waals surface area (Å²) in [5, 5.41) is 0. The topological polar surface area (TPSA) is 29.5 Å². The van der Waals surface area contributed by atoms with Crippen molar-refractivity contribution in [2.24, 2.45) is 5.92 Å². The van der Waals surface area contributed by atoms with Crippen LogP contribution in [0.1, 0.15) is 44.6 Å². The van der Waals surface area contributed by atoms with Crippen molar-refractivity contribution in [1.29, 1.82) is 0 Å². The predicted molar refractivity (Wildman–Crippen MR) is 84.9 cm³/mol. The lowest BCUT2D eigenvalue weighted by Gasteiger charge is -2.32. The first-order valence-corrected chi connectivity index (χ1v) is 8.29. The third-order valence-electron chi connectivity index (χ3n) is 4.32. The molecular weight excluding hydrogens is 281 g/mol. The van der Waals surface area contributed by atoms with E-state index in [9.17, 15) is 9.18 Å². The summed E-state index contributed by atoms with van der Waals surface area (Å²) in [6, 6.07) is 6.73. The lowest BCUT2D eigenvalue weighted by molar-refractivity contribution is -0.132. The molecule has 0 N–H and O–H groups in total. The quantitative estimate of drug-likeness (QED) is 0.718. The Bertz CT molecular complexity index is 470. The molecule has 0 aliphatic carbocycles. The number of carbonyl (C=O) groups is 1. The zero-order valence-electron chi connectivity index (χ0n) is 13.4. The maximum atomic E-state index is 13.4. The van der Waals surface area contributed by atoms with E-state index in [1.807, 2.05) is 17.9 Å². The minimum atomic E-state index is -0.203. The molecule has 0 unspecified atom stereocenters. The fourth-order valence-electron chi connectivity index (χ4n) is 2.89. The maximum Gasteiger partial charge on any atom is 0.222 e. The highest BCUT2D eigenvalue weighted by Crippen LogP contribution is 2.21. The average molecular weight is 307 g/mol. The summed E-state index contributed by atoms with van der Waals surface area (Å²) in [5.74, 6) is 0.702. The van der Waals surface area contributed by atoms with Crippen LogP contribution in [0.25, 0.3) is 0 Å². The Morgan fingerprint density at radius 2 is 2.05 bits per heavy atom. The van der Waals surface area contributed by atoms with Gasteiger partial charge in [-0.1, -0.05) is 25.1 Å². The number of halogens is 1. The Morgan fingerprint density at radius 1 is 1.32 bits per heavy atom. The molecule has 1 saturated heterocycles. The molecule has 4 heteroatoms. The van der Waals surface area contributed by atoms with Crippen LogP contribution < -0.4 is 0 Å². The molecule has 0 saturated carbocycles. The molecule has 1 heterocycles. The van der Waals surface area contributed by atoms with E-state index in [1.165, 1.54) is 6.07 Å². The van der Waals surface area contributed by atoms with E-state index in [0.717, 1.165) is 38.8 Å². The Kier molecular flexibility index (Phi) is 6.84. The van der Waals surface area contributed by atoms with Crippen molar-refractivity contribution in [3.8, 4) is 0 Å². The molecule has 122 valence electrons. The number of benzene rings is 1. The van der Waals surface area contributed by atoms with E-state index in [1.54, 1.807) is 12.1 Å². The zero-order chi connectivity index (χ0) is 15.8. The molecule has 2 rings (SSSR count). The lowest BCUT2D eigenvalue weighted by atomic mass is 9.94. The Labute approximate surface area is 132 Å². The molecule has 0 aromatic heterocycles. The minimum absolute atomic E-state index is 0.203. The molecule has 0 bridgehead atoms. The van der Waals surface area contributed by atoms with Gasteiger partial charge in [0, 0.05) is 31.7 Å². The summed E-state index contributed by atoms with van der Waals surface area (Å²) >= 11 is 0. The second-order valence-electron chi connectivity index (χ2n) is 6.01. The maximum absolute atomic E-state index is 13.4. The number of amides is 1. The second kappa shape index (κ2) is 8.89. The van der Waals surface area contributed by atoms with E-state index in [2.05, 4.69) is 0 Å². The molecule has 0 radical (unpaired) electrons. The normalized spacial score (nSPS) is 16.0. The molecule has 22 heavy (non-hydrogen) atoms. The summed E-state index contributed by atoms with van der Waals surface area (Å²) < 4.78 is 19.0. The molecule has 1 aromatic carbocycles. The molecule has 1 aromatic rings. The molecule has 1 amide bonds. The van der Waals surface area contributed by atoms with Crippen LogP contribution in [-0.4, -0.2) is 30.5 Å². The van der Waals surface area contributed by atoms with Crippen molar-refractivity contribution in [3.63, 3.8) is 0 Å². The second-order valence-corrected chi connectivity index (χ2v) is 6.01. The first-order chi connectivity index (χ1) is 10.7. The smallest absolute Gasteiger partial charge is 0.222 e. The van der Waals surface area contributed by atoms with Crippen LogP contribution >= 0.6 is 0 Å². The Morgan fingerprint density at radius 3 is 2.73 bits per heavy atom. The van der Waals surface area contributed by atoms with Crippen molar-refractivity contribution in [2.45, 2.75) is 45.6 Å². The number of hydrogen-bond donors (Lipinski definition) is 0. The fraction of sp³-hybridized carbons (Fsp3) is 0.611. The molecule has 1 fully saturated rings. The van der Waals surface area contributed by atoms with Gasteiger partial charge in [-0.05, 0) is 37.7 Å². The number of ether oxygens (including phenoxy) is 1. The van der Waals surface area contributed by atoms with Crippen LogP contribution in [0.15, 0.2) is 24.3 Å². The number of carbonyl (C=O) groups excluding carboxylic acids is 1. The summed E-state index contributed by atoms with van der Waals surface area (Å²) in [4.78, 5) is 13.8. The molecule has 0 atom stereocenters. The minimum Gasteiger partial charge on any atom is -0.377 e. The van der Waals surface area contributed by atoms with Gasteiger partial charge in [-0.25, -0.2) is 4.39 Å². The van der Waals surface area contributed by atoms with Gasteiger partial charge in [0.05, 0.1) is 6.61 Å². The number of likely N-dealkylation sites (tertiary alicyclic amines) is 1. The van der Waals surface area contributed by atoms with Crippen LogP contribution in [0.4, 0.5) is 4.39 Å². The van der Waals surface area contributed by atoms with E-state index < -0.39 is 0 Å². The zero-order valence-corrected chi connectivity index (χ0v) is 13.4. The Balaban J connectivity index is 1.61. The van der Waals surface area contributed by atoms with Crippen LogP contribution in [-0.2, 0) is 16.1 Å². The molecule has 0 spiro atoms. The van der Waals surface area contributed by atoms with E-state index >= 15 is 0 Å². The van der Waals surface area contributed by atoms with Gasteiger partial charge in [0.1, 0.15) is 5.82 Å². The largest absolute Gasteiger partial charge is 0.377 e. The number of rotatable bonds is 7. The standard InChI is InChI=1S/C18H26FNO2/c1-2-5-18(21)20-11-8-15(9-12-20)10-13-22-14-16-6-3-4-7-17(16)19/h3-4,6-7,15H,2,5,8-14H2,1H3. The fourth-order valence-corrected chi connectivity index (χ4v) is 2.89. The van der Waals surface area contributed by atoms with Gasteiger partial charge >= 0.3 is 0 Å². The predicted octanol–water partition coefficient (Wildman–Crippen LogP) is 3.77. The summed E-state index contributed by atoms with van der Waals surface area (Å²) in [5.41, 5.74) is 0.613. The number of nitrogens with zero attached hydrogens (tertiary/aromatic N) is 1. The van der Waals surface area contributed by atoms with E-state index in [-0.39, 0.29) is 11.7 Å². The van der Waals surface area contributed by atoms with Crippen molar-refractivity contribution in [1.82, 2.24) is 4.90 Å². The van der Waals surface area contributed by atoms with E-state index in [0.29, 0.717) is 31.1 Å². The highest BCUT2D eigenvalue weighted by molar-refractivity contribution is 5.76. The van der Waals surface area contributed by atoms with Crippen molar-refractivity contribution >= 4 is 5.91 Å². The number of piperidine rings is 1. The summed E-state index contributed by atoms with van der Waals surface area (Å²) in [6.07, 6.45) is 4.68. The van der Waals surface area contributed by atoms with Crippen LogP contribution in [0, 0.1) is 11.7 Å². The van der Waals surface area contributed by atoms with Gasteiger partial charge in [-0.15, -0.1) is 0 Å². The molecule has 1 aliphatic heterocycles. The lowest BCUT2D eigenvalue weighted by Crippen LogP contribution is -2.38. The summed E-state index contributed by atoms with van der Waals surface area (Å²) in [6.45, 7) is 4.77. The highest BCUT2D eigenvalue weighted by Gasteiger charge is 2.21. The van der Waals surface area contributed by atoms with Gasteiger partial charge < -0.3 is 9.64 Å². The van der Waals surface area contributed by atoms with Crippen molar-refractivity contribution in [2.75, 3.05) is 19.7 Å². The molecule has 3 nitrogen and oxygen atoms in total. The molecular formula is C18H26FNO2. The van der Waals surface area contributed by atoms with Crippen molar-refractivity contribution in [3.05, 3.63) is 35.6 Å². The van der Waals surface area contributed by atoms with Gasteiger partial charge in [-0.2, -0.15) is 0 Å². The van der Waals surface area contributed by atoms with E-state index in [4.69, 9.17) is 4.74 Å². The Hall–Kier alpha value is -1.42. The van der Waals surface area contributed by atoms with Gasteiger partial charge in [0.15, 0.2) is 0 Å². The summed E-state index contributed by atoms with van der Waals surface area (Å²) in [7, 11) is 0. The first kappa shape index (κ1) is 16.9. The van der Waals surface area contributed by atoms with Gasteiger partial charge in [-0.3, -0.25) is 4.79 Å². The van der Waals surface area contributed by atoms with Crippen LogP contribution in [0.2, 0.25) is 0 Å². The average Bonchev–Trinajstić information content (AvgIpc) is 2.54. The SMILES string of the molecule is CCCC(=O)N1CCC(CCOCc2ccccc2F)CC1. The highest BCUT2D eigenvalue weighted by atomic mass is 19.1. The first-order valence-electron chi connectivity index (χ1n) is 8.29. The van der Waals surface area contributed by atoms with Crippen LogP contribution in [0.3, 0.4) is 0 Å². The third-order valence-corrected chi connectivity index (χ3v) is 4.32. The van der Waals surface area contributed by atoms with Crippen molar-refractivity contribution < 1.29 is 13.9 Å². The monoisotopic (exact) mass is 307 g/mol.